The number of halogens is 1. The van der Waals surface area contributed by atoms with Crippen molar-refractivity contribution in [1.82, 2.24) is 5.32 Å². The first-order valence-corrected chi connectivity index (χ1v) is 6.81. The second-order valence-corrected chi connectivity index (χ2v) is 4.73. The zero-order chi connectivity index (χ0) is 14.1. The number of carbonyl (C=O) groups excluding carboxylic acids is 2. The molecule has 1 rings (SSSR count). The van der Waals surface area contributed by atoms with Gasteiger partial charge in [0.1, 0.15) is 6.42 Å². The van der Waals surface area contributed by atoms with Crippen LogP contribution in [-0.4, -0.2) is 18.4 Å². The first-order chi connectivity index (χ1) is 9.11. The number of unbranched alkanes of at least 4 members (excludes halogenated alkanes) is 2. The van der Waals surface area contributed by atoms with E-state index in [1.165, 1.54) is 0 Å². The van der Waals surface area contributed by atoms with Crippen molar-refractivity contribution >= 4 is 29.1 Å². The van der Waals surface area contributed by atoms with E-state index in [1.807, 2.05) is 0 Å². The molecule has 2 amide bonds. The van der Waals surface area contributed by atoms with E-state index in [0.29, 0.717) is 17.3 Å². The summed E-state index contributed by atoms with van der Waals surface area (Å²) in [6.45, 7) is 2.72. The van der Waals surface area contributed by atoms with Crippen molar-refractivity contribution in [2.45, 2.75) is 32.6 Å². The minimum atomic E-state index is -0.338. The quantitative estimate of drug-likeness (QED) is 0.597. The maximum atomic E-state index is 11.6. The van der Waals surface area contributed by atoms with Gasteiger partial charge < -0.3 is 10.6 Å². The maximum absolute atomic E-state index is 11.6. The SMILES string of the molecule is CCCCCNC(=O)CC(=O)Nc1cccc(Cl)c1. The van der Waals surface area contributed by atoms with Crippen molar-refractivity contribution in [3.8, 4) is 0 Å². The molecule has 0 spiro atoms. The molecule has 0 aliphatic carbocycles. The summed E-state index contributed by atoms with van der Waals surface area (Å²) in [5.74, 6) is -0.592. The van der Waals surface area contributed by atoms with Crippen LogP contribution in [0.3, 0.4) is 0 Å². The van der Waals surface area contributed by atoms with Crippen molar-refractivity contribution in [1.29, 1.82) is 0 Å². The summed E-state index contributed by atoms with van der Waals surface area (Å²) in [5, 5.41) is 5.89. The molecule has 0 atom stereocenters. The Labute approximate surface area is 118 Å². The third kappa shape index (κ3) is 6.82. The largest absolute Gasteiger partial charge is 0.356 e. The van der Waals surface area contributed by atoms with Crippen molar-refractivity contribution in [3.63, 3.8) is 0 Å². The molecule has 4 nitrogen and oxygen atoms in total. The highest BCUT2D eigenvalue weighted by Crippen LogP contribution is 2.14. The fourth-order valence-corrected chi connectivity index (χ4v) is 1.77. The van der Waals surface area contributed by atoms with Crippen LogP contribution in [0, 0.1) is 0 Å². The van der Waals surface area contributed by atoms with Gasteiger partial charge in [-0.3, -0.25) is 9.59 Å². The monoisotopic (exact) mass is 282 g/mol. The Balaban J connectivity index is 2.29. The number of anilines is 1. The van der Waals surface area contributed by atoms with Gasteiger partial charge in [0, 0.05) is 17.3 Å². The van der Waals surface area contributed by atoms with Gasteiger partial charge in [-0.1, -0.05) is 37.4 Å². The van der Waals surface area contributed by atoms with Gasteiger partial charge in [-0.15, -0.1) is 0 Å². The summed E-state index contributed by atoms with van der Waals surface area (Å²) in [7, 11) is 0. The Morgan fingerprint density at radius 2 is 2.00 bits per heavy atom. The van der Waals surface area contributed by atoms with Gasteiger partial charge in [0.15, 0.2) is 0 Å². The van der Waals surface area contributed by atoms with Crippen LogP contribution in [-0.2, 0) is 9.59 Å². The lowest BCUT2D eigenvalue weighted by molar-refractivity contribution is -0.126. The molecule has 0 bridgehead atoms. The molecule has 0 aliphatic rings. The van der Waals surface area contributed by atoms with Crippen molar-refractivity contribution in [3.05, 3.63) is 29.3 Å². The first-order valence-electron chi connectivity index (χ1n) is 6.44. The minimum absolute atomic E-state index is 0.168. The fraction of sp³-hybridized carbons (Fsp3) is 0.429. The van der Waals surface area contributed by atoms with E-state index in [4.69, 9.17) is 11.6 Å². The lowest BCUT2D eigenvalue weighted by atomic mass is 10.2. The van der Waals surface area contributed by atoms with Gasteiger partial charge in [-0.2, -0.15) is 0 Å². The third-order valence-corrected chi connectivity index (χ3v) is 2.77. The molecule has 0 heterocycles. The Bertz CT molecular complexity index is 435. The molecule has 0 fully saturated rings. The average molecular weight is 283 g/mol. The number of hydrogen-bond donors (Lipinski definition) is 2. The summed E-state index contributed by atoms with van der Waals surface area (Å²) < 4.78 is 0. The molecule has 0 saturated carbocycles. The van der Waals surface area contributed by atoms with Crippen molar-refractivity contribution in [2.24, 2.45) is 0 Å². The zero-order valence-corrected chi connectivity index (χ0v) is 11.8. The van der Waals surface area contributed by atoms with E-state index in [0.717, 1.165) is 19.3 Å². The molecule has 104 valence electrons. The average Bonchev–Trinajstić information content (AvgIpc) is 2.34. The molecule has 5 heteroatoms. The van der Waals surface area contributed by atoms with Gasteiger partial charge in [0.25, 0.3) is 0 Å². The van der Waals surface area contributed by atoms with Crippen molar-refractivity contribution < 1.29 is 9.59 Å². The minimum Gasteiger partial charge on any atom is -0.356 e. The third-order valence-electron chi connectivity index (χ3n) is 2.53. The second kappa shape index (κ2) is 8.53. The lowest BCUT2D eigenvalue weighted by Crippen LogP contribution is -2.28. The normalized spacial score (nSPS) is 10.0. The molecular weight excluding hydrogens is 264 g/mol. The smallest absolute Gasteiger partial charge is 0.233 e. The molecule has 0 saturated heterocycles. The van der Waals surface area contributed by atoms with Crippen LogP contribution in [0.2, 0.25) is 5.02 Å². The number of benzene rings is 1. The highest BCUT2D eigenvalue weighted by molar-refractivity contribution is 6.30. The van der Waals surface area contributed by atoms with Gasteiger partial charge in [-0.05, 0) is 24.6 Å². The number of hydrogen-bond acceptors (Lipinski definition) is 2. The number of rotatable bonds is 7. The molecule has 19 heavy (non-hydrogen) atoms. The highest BCUT2D eigenvalue weighted by Gasteiger charge is 2.09. The second-order valence-electron chi connectivity index (χ2n) is 4.29. The summed E-state index contributed by atoms with van der Waals surface area (Å²) >= 11 is 5.80. The lowest BCUT2D eigenvalue weighted by Gasteiger charge is -2.06. The van der Waals surface area contributed by atoms with Gasteiger partial charge >= 0.3 is 0 Å². The molecule has 0 aliphatic heterocycles. The molecule has 0 unspecified atom stereocenters. The topological polar surface area (TPSA) is 58.2 Å². The fourth-order valence-electron chi connectivity index (χ4n) is 1.58. The Morgan fingerprint density at radius 3 is 2.68 bits per heavy atom. The Morgan fingerprint density at radius 1 is 1.21 bits per heavy atom. The van der Waals surface area contributed by atoms with Crippen LogP contribution in [0.15, 0.2) is 24.3 Å². The van der Waals surface area contributed by atoms with Crippen LogP contribution in [0.4, 0.5) is 5.69 Å². The van der Waals surface area contributed by atoms with E-state index in [1.54, 1.807) is 24.3 Å². The first kappa shape index (κ1) is 15.5. The molecule has 1 aromatic rings. The van der Waals surface area contributed by atoms with Gasteiger partial charge in [-0.25, -0.2) is 0 Å². The number of carbonyl (C=O) groups is 2. The predicted molar refractivity (Wildman–Crippen MR) is 77.2 cm³/mol. The molecule has 0 aromatic heterocycles. The highest BCUT2D eigenvalue weighted by atomic mass is 35.5. The molecule has 0 radical (unpaired) electrons. The van der Waals surface area contributed by atoms with Crippen molar-refractivity contribution in [2.75, 3.05) is 11.9 Å². The molecule has 1 aromatic carbocycles. The maximum Gasteiger partial charge on any atom is 0.233 e. The van der Waals surface area contributed by atoms with E-state index >= 15 is 0 Å². The summed E-state index contributed by atoms with van der Waals surface area (Å²) in [6, 6.07) is 6.82. The van der Waals surface area contributed by atoms with Crippen LogP contribution in [0.25, 0.3) is 0 Å². The summed E-state index contributed by atoms with van der Waals surface area (Å²) in [5.41, 5.74) is 0.594. The van der Waals surface area contributed by atoms with Crippen LogP contribution in [0.5, 0.6) is 0 Å². The van der Waals surface area contributed by atoms with E-state index in [9.17, 15) is 9.59 Å². The number of nitrogens with one attached hydrogen (secondary N) is 2. The molecule has 2 N–H and O–H groups in total. The Hall–Kier alpha value is -1.55. The van der Waals surface area contributed by atoms with Crippen LogP contribution in [0.1, 0.15) is 32.6 Å². The number of amides is 2. The Kier molecular flexibility index (Phi) is 6.97. The van der Waals surface area contributed by atoms with E-state index in [2.05, 4.69) is 17.6 Å². The van der Waals surface area contributed by atoms with Crippen LogP contribution < -0.4 is 10.6 Å². The summed E-state index contributed by atoms with van der Waals surface area (Å²) in [4.78, 5) is 23.1. The van der Waals surface area contributed by atoms with Gasteiger partial charge in [0.2, 0.25) is 11.8 Å². The summed E-state index contributed by atoms with van der Waals surface area (Å²) in [6.07, 6.45) is 2.96. The van der Waals surface area contributed by atoms with Crippen LogP contribution >= 0.6 is 11.6 Å². The van der Waals surface area contributed by atoms with E-state index < -0.39 is 0 Å². The predicted octanol–water partition coefficient (Wildman–Crippen LogP) is 2.98. The standard InChI is InChI=1S/C14H19ClN2O2/c1-2-3-4-8-16-13(18)10-14(19)17-12-7-5-6-11(15)9-12/h5-7,9H,2-4,8,10H2,1H3,(H,16,18)(H,17,19). The van der Waals surface area contributed by atoms with E-state index in [-0.39, 0.29) is 18.2 Å². The zero-order valence-electron chi connectivity index (χ0n) is 11.0. The van der Waals surface area contributed by atoms with Gasteiger partial charge in [0.05, 0.1) is 0 Å². The molecular formula is C14H19ClN2O2.